The van der Waals surface area contributed by atoms with Crippen molar-refractivity contribution in [1.29, 1.82) is 0 Å². The highest BCUT2D eigenvalue weighted by atomic mass is 19.1. The van der Waals surface area contributed by atoms with Gasteiger partial charge in [0.05, 0.1) is 22.6 Å². The molecule has 1 amide bonds. The first kappa shape index (κ1) is 24.4. The number of aromatic nitrogens is 2. The Kier molecular flexibility index (Phi) is 5.74. The van der Waals surface area contributed by atoms with Crippen LogP contribution in [0, 0.1) is 19.7 Å². The predicted molar refractivity (Wildman–Crippen MR) is 142 cm³/mol. The van der Waals surface area contributed by atoms with Gasteiger partial charge in [-0.3, -0.25) is 14.5 Å². The first-order valence-electron chi connectivity index (χ1n) is 12.1. The number of carbonyl (C=O) groups excluding carboxylic acids is 2. The molecule has 7 heteroatoms. The molecule has 1 aromatic heterocycles. The van der Waals surface area contributed by atoms with Crippen LogP contribution in [-0.2, 0) is 15.0 Å². The zero-order valence-corrected chi connectivity index (χ0v) is 21.4. The number of hydrogen-bond donors (Lipinski definition) is 2. The number of hydrogen-bond acceptors (Lipinski definition) is 4. The lowest BCUT2D eigenvalue weighted by Gasteiger charge is -2.25. The van der Waals surface area contributed by atoms with Crippen molar-refractivity contribution < 1.29 is 19.1 Å². The molecule has 2 heterocycles. The van der Waals surface area contributed by atoms with Crippen LogP contribution in [0.3, 0.4) is 0 Å². The molecular weight excluding hydrogens is 469 g/mol. The molecule has 1 fully saturated rings. The maximum Gasteiger partial charge on any atom is 0.302 e. The number of nitrogens with zero attached hydrogens (tertiary/aromatic N) is 2. The van der Waals surface area contributed by atoms with Gasteiger partial charge < -0.3 is 10.1 Å². The Balaban J connectivity index is 1.74. The minimum Gasteiger partial charge on any atom is -0.507 e. The summed E-state index contributed by atoms with van der Waals surface area (Å²) in [5, 5.41) is 11.5. The van der Waals surface area contributed by atoms with E-state index in [-0.39, 0.29) is 22.7 Å². The van der Waals surface area contributed by atoms with E-state index in [9.17, 15) is 19.1 Å². The van der Waals surface area contributed by atoms with Crippen molar-refractivity contribution in [2.24, 2.45) is 0 Å². The third kappa shape index (κ3) is 4.20. The molecule has 0 aliphatic carbocycles. The van der Waals surface area contributed by atoms with Gasteiger partial charge in [-0.05, 0) is 60.2 Å². The van der Waals surface area contributed by atoms with Crippen LogP contribution in [0.1, 0.15) is 54.6 Å². The number of ketones is 1. The van der Waals surface area contributed by atoms with Gasteiger partial charge >= 0.3 is 5.91 Å². The molecule has 2 N–H and O–H groups in total. The van der Waals surface area contributed by atoms with Gasteiger partial charge in [0, 0.05) is 5.56 Å². The molecule has 0 saturated carbocycles. The quantitative estimate of drug-likeness (QED) is 0.199. The molecule has 4 aromatic rings. The van der Waals surface area contributed by atoms with Gasteiger partial charge in [-0.1, -0.05) is 62.7 Å². The van der Waals surface area contributed by atoms with Gasteiger partial charge in [-0.2, -0.15) is 0 Å². The summed E-state index contributed by atoms with van der Waals surface area (Å²) in [4.78, 5) is 35.6. The normalized spacial score (nSPS) is 17.7. The number of aromatic amines is 1. The van der Waals surface area contributed by atoms with E-state index in [0.717, 1.165) is 16.7 Å². The number of aliphatic hydroxyl groups is 1. The summed E-state index contributed by atoms with van der Waals surface area (Å²) in [6.07, 6.45) is 0. The average Bonchev–Trinajstić information content (AvgIpc) is 3.37. The van der Waals surface area contributed by atoms with E-state index in [1.807, 2.05) is 50.2 Å². The molecule has 1 unspecified atom stereocenters. The van der Waals surface area contributed by atoms with E-state index in [2.05, 4.69) is 30.7 Å². The number of amides is 1. The molecule has 5 rings (SSSR count). The monoisotopic (exact) mass is 497 g/mol. The zero-order valence-electron chi connectivity index (χ0n) is 21.4. The highest BCUT2D eigenvalue weighted by Crippen LogP contribution is 2.42. The first-order valence-corrected chi connectivity index (χ1v) is 12.1. The fourth-order valence-corrected chi connectivity index (χ4v) is 4.75. The van der Waals surface area contributed by atoms with Crippen molar-refractivity contribution in [1.82, 2.24) is 9.97 Å². The number of imidazole rings is 1. The predicted octanol–water partition coefficient (Wildman–Crippen LogP) is 6.24. The van der Waals surface area contributed by atoms with Gasteiger partial charge in [0.2, 0.25) is 5.95 Å². The smallest absolute Gasteiger partial charge is 0.302 e. The van der Waals surface area contributed by atoms with Crippen LogP contribution in [0.4, 0.5) is 10.3 Å². The second kappa shape index (κ2) is 8.69. The van der Waals surface area contributed by atoms with Crippen LogP contribution in [-0.4, -0.2) is 26.8 Å². The van der Waals surface area contributed by atoms with E-state index >= 15 is 0 Å². The molecule has 37 heavy (non-hydrogen) atoms. The fourth-order valence-electron chi connectivity index (χ4n) is 4.75. The van der Waals surface area contributed by atoms with Crippen LogP contribution in [0.5, 0.6) is 0 Å². The number of halogens is 1. The Hall–Kier alpha value is -4.26. The zero-order chi connectivity index (χ0) is 26.6. The molecule has 188 valence electrons. The third-order valence-corrected chi connectivity index (χ3v) is 6.84. The van der Waals surface area contributed by atoms with Crippen LogP contribution in [0.2, 0.25) is 0 Å². The second-order valence-corrected chi connectivity index (χ2v) is 10.6. The number of fused-ring (bicyclic) bond motifs is 1. The molecular formula is C30H28FN3O3. The fraction of sp³-hybridized carbons (Fsp3) is 0.233. The van der Waals surface area contributed by atoms with Crippen molar-refractivity contribution in [3.8, 4) is 0 Å². The van der Waals surface area contributed by atoms with Gasteiger partial charge in [0.1, 0.15) is 11.6 Å². The standard InChI is InChI=1S/C30H28FN3O3/c1-16-6-7-17(2)21(14-16)26(35)24-25(18-8-10-19(11-9-18)30(3,4)5)34(28(37)27(24)36)29-32-22-13-12-20(31)15-23(22)33-29/h6-15,25,35H,1-5H3,(H,32,33)/b26-24+. The Morgan fingerprint density at radius 1 is 1.00 bits per heavy atom. The van der Waals surface area contributed by atoms with E-state index in [4.69, 9.17) is 0 Å². The number of H-pyrrole nitrogens is 1. The Bertz CT molecular complexity index is 1590. The largest absolute Gasteiger partial charge is 0.507 e. The second-order valence-electron chi connectivity index (χ2n) is 10.6. The lowest BCUT2D eigenvalue weighted by atomic mass is 9.85. The van der Waals surface area contributed by atoms with Crippen molar-refractivity contribution in [3.05, 3.63) is 99.9 Å². The lowest BCUT2D eigenvalue weighted by Crippen LogP contribution is -2.30. The number of benzene rings is 3. The molecule has 0 spiro atoms. The average molecular weight is 498 g/mol. The molecule has 1 aliphatic rings. The van der Waals surface area contributed by atoms with E-state index < -0.39 is 23.5 Å². The maximum absolute atomic E-state index is 13.8. The molecule has 1 aliphatic heterocycles. The first-order chi connectivity index (χ1) is 17.5. The highest BCUT2D eigenvalue weighted by molar-refractivity contribution is 6.51. The van der Waals surface area contributed by atoms with Crippen LogP contribution in [0.25, 0.3) is 16.8 Å². The third-order valence-electron chi connectivity index (χ3n) is 6.84. The van der Waals surface area contributed by atoms with Gasteiger partial charge in [0.25, 0.3) is 5.78 Å². The molecule has 1 atom stereocenters. The lowest BCUT2D eigenvalue weighted by molar-refractivity contribution is -0.132. The van der Waals surface area contributed by atoms with Crippen molar-refractivity contribution in [2.45, 2.75) is 46.1 Å². The minimum atomic E-state index is -0.931. The summed E-state index contributed by atoms with van der Waals surface area (Å²) in [7, 11) is 0. The number of nitrogens with one attached hydrogen (secondary N) is 1. The topological polar surface area (TPSA) is 86.3 Å². The van der Waals surface area contributed by atoms with Gasteiger partial charge in [0.15, 0.2) is 0 Å². The van der Waals surface area contributed by atoms with Crippen molar-refractivity contribution >= 4 is 34.4 Å². The number of anilines is 1. The van der Waals surface area contributed by atoms with E-state index in [0.29, 0.717) is 22.2 Å². The highest BCUT2D eigenvalue weighted by Gasteiger charge is 2.48. The Morgan fingerprint density at radius 2 is 1.70 bits per heavy atom. The molecule has 1 saturated heterocycles. The van der Waals surface area contributed by atoms with E-state index in [1.54, 1.807) is 6.07 Å². The number of carbonyl (C=O) groups is 2. The van der Waals surface area contributed by atoms with Crippen molar-refractivity contribution in [2.75, 3.05) is 4.90 Å². The molecule has 0 bridgehead atoms. The number of Topliss-reactive ketones (excluding diaryl/α,β-unsaturated/α-hetero) is 1. The Labute approximate surface area is 214 Å². The number of aryl methyl sites for hydroxylation is 2. The Morgan fingerprint density at radius 3 is 2.38 bits per heavy atom. The summed E-state index contributed by atoms with van der Waals surface area (Å²) in [6, 6.07) is 16.4. The summed E-state index contributed by atoms with van der Waals surface area (Å²) >= 11 is 0. The summed E-state index contributed by atoms with van der Waals surface area (Å²) in [5.74, 6) is -2.22. The summed E-state index contributed by atoms with van der Waals surface area (Å²) < 4.78 is 13.8. The van der Waals surface area contributed by atoms with Gasteiger partial charge in [-0.25, -0.2) is 9.37 Å². The van der Waals surface area contributed by atoms with Crippen LogP contribution < -0.4 is 4.90 Å². The summed E-state index contributed by atoms with van der Waals surface area (Å²) in [6.45, 7) is 10.0. The van der Waals surface area contributed by atoms with Crippen molar-refractivity contribution in [3.63, 3.8) is 0 Å². The molecule has 3 aromatic carbocycles. The van der Waals surface area contributed by atoms with Crippen LogP contribution >= 0.6 is 0 Å². The maximum atomic E-state index is 13.8. The van der Waals surface area contributed by atoms with Crippen LogP contribution in [0.15, 0.2) is 66.2 Å². The number of rotatable bonds is 3. The minimum absolute atomic E-state index is 0.0196. The SMILES string of the molecule is Cc1ccc(C)c(/C(O)=C2\C(=O)C(=O)N(c3nc4ccc(F)cc4[nH]3)C2c2ccc(C(C)(C)C)cc2)c1. The van der Waals surface area contributed by atoms with Gasteiger partial charge in [-0.15, -0.1) is 0 Å². The molecule has 6 nitrogen and oxygen atoms in total. The molecule has 0 radical (unpaired) electrons. The van der Waals surface area contributed by atoms with E-state index in [1.165, 1.54) is 23.1 Å². The number of aliphatic hydroxyl groups excluding tert-OH is 1. The summed E-state index contributed by atoms with van der Waals surface area (Å²) in [5.41, 5.74) is 4.63.